The summed E-state index contributed by atoms with van der Waals surface area (Å²) in [6, 6.07) is 14.1. The van der Waals surface area contributed by atoms with Crippen LogP contribution >= 0.6 is 0 Å². The maximum atomic E-state index is 12.6. The number of rotatable bonds is 5. The molecule has 0 spiro atoms. The van der Waals surface area contributed by atoms with E-state index in [0.717, 1.165) is 11.0 Å². The summed E-state index contributed by atoms with van der Waals surface area (Å²) in [4.78, 5) is 29.3. The van der Waals surface area contributed by atoms with Crippen LogP contribution in [0.4, 0.5) is 11.6 Å². The minimum Gasteiger partial charge on any atom is -0.492 e. The van der Waals surface area contributed by atoms with E-state index in [-0.39, 0.29) is 18.2 Å². The number of carbonyl (C=O) groups is 2. The van der Waals surface area contributed by atoms with Crippen molar-refractivity contribution < 1.29 is 14.3 Å². The first-order chi connectivity index (χ1) is 12.7. The van der Waals surface area contributed by atoms with Crippen molar-refractivity contribution in [2.45, 2.75) is 19.4 Å². The molecule has 0 unspecified atom stereocenters. The van der Waals surface area contributed by atoms with Crippen molar-refractivity contribution in [2.75, 3.05) is 17.2 Å². The van der Waals surface area contributed by atoms with Crippen LogP contribution in [-0.2, 0) is 9.59 Å². The van der Waals surface area contributed by atoms with Gasteiger partial charge in [-0.25, -0.2) is 4.98 Å². The number of carbonyl (C=O) groups excluding carboxylic acids is 2. The molecule has 0 aliphatic carbocycles. The van der Waals surface area contributed by atoms with Crippen LogP contribution in [0.25, 0.3) is 11.0 Å². The summed E-state index contributed by atoms with van der Waals surface area (Å²) < 4.78 is 7.30. The summed E-state index contributed by atoms with van der Waals surface area (Å²) in [6.07, 6.45) is 0.0135. The molecule has 4 rings (SSSR count). The first-order valence-corrected chi connectivity index (χ1v) is 8.47. The Hall–Kier alpha value is -3.35. The second-order valence-electron chi connectivity index (χ2n) is 5.98. The largest absolute Gasteiger partial charge is 0.492 e. The molecule has 0 saturated carbocycles. The summed E-state index contributed by atoms with van der Waals surface area (Å²) in [5.41, 5.74) is 2.21. The maximum absolute atomic E-state index is 12.6. The van der Waals surface area contributed by atoms with Gasteiger partial charge in [-0.1, -0.05) is 24.3 Å². The van der Waals surface area contributed by atoms with Crippen LogP contribution < -0.4 is 15.4 Å². The van der Waals surface area contributed by atoms with Gasteiger partial charge in [-0.05, 0) is 31.2 Å². The number of fused-ring (bicyclic) bond motifs is 3. The highest BCUT2D eigenvalue weighted by Gasteiger charge is 2.34. The normalized spacial score (nSPS) is 15.6. The molecule has 7 heteroatoms. The Kier molecular flexibility index (Phi) is 4.04. The van der Waals surface area contributed by atoms with E-state index in [1.165, 1.54) is 0 Å². The van der Waals surface area contributed by atoms with Gasteiger partial charge in [-0.3, -0.25) is 19.5 Å². The molecular formula is C19H18N4O3. The third-order valence-electron chi connectivity index (χ3n) is 4.28. The smallest absolute Gasteiger partial charge is 0.250 e. The average molecular weight is 350 g/mol. The quantitative estimate of drug-likeness (QED) is 0.741. The number of nitrogens with zero attached hydrogens (tertiary/aromatic N) is 2. The third kappa shape index (κ3) is 2.77. The molecule has 2 N–H and O–H groups in total. The van der Waals surface area contributed by atoms with Crippen molar-refractivity contribution in [3.8, 4) is 5.75 Å². The molecule has 1 atom stereocenters. The molecule has 0 fully saturated rings. The first kappa shape index (κ1) is 16.1. The zero-order valence-corrected chi connectivity index (χ0v) is 14.2. The lowest BCUT2D eigenvalue weighted by Crippen LogP contribution is -2.23. The van der Waals surface area contributed by atoms with E-state index < -0.39 is 6.04 Å². The standard InChI is InChI=1S/C19H18N4O3/c1-2-26-16-10-6-4-8-13(16)20-17(24)11-15-18(25)22-19-21-12-7-3-5-9-14(12)23(15)19/h3-10,15H,2,11H2,1H3,(H,20,24)(H,21,22,25)/t15-/m0/s1. The minimum atomic E-state index is -0.628. The molecule has 2 heterocycles. The zero-order valence-electron chi connectivity index (χ0n) is 14.2. The van der Waals surface area contributed by atoms with Gasteiger partial charge in [0.15, 0.2) is 0 Å². The van der Waals surface area contributed by atoms with Crippen molar-refractivity contribution in [2.24, 2.45) is 0 Å². The topological polar surface area (TPSA) is 85.2 Å². The average Bonchev–Trinajstić information content (AvgIpc) is 3.13. The van der Waals surface area contributed by atoms with Gasteiger partial charge in [-0.15, -0.1) is 0 Å². The molecule has 0 bridgehead atoms. The van der Waals surface area contributed by atoms with Gasteiger partial charge in [-0.2, -0.15) is 0 Å². The number of para-hydroxylation sites is 4. The molecule has 0 radical (unpaired) electrons. The summed E-state index contributed by atoms with van der Waals surface area (Å²) in [5.74, 6) is 0.589. The summed E-state index contributed by atoms with van der Waals surface area (Å²) >= 11 is 0. The first-order valence-electron chi connectivity index (χ1n) is 8.47. The molecule has 1 aromatic heterocycles. The highest BCUT2D eigenvalue weighted by atomic mass is 16.5. The predicted octanol–water partition coefficient (Wildman–Crippen LogP) is 2.96. The van der Waals surface area contributed by atoms with E-state index in [9.17, 15) is 9.59 Å². The SMILES string of the molecule is CCOc1ccccc1NC(=O)C[C@H]1C(=O)Nc2nc3ccccc3n21. The van der Waals surface area contributed by atoms with Crippen molar-refractivity contribution in [3.05, 3.63) is 48.5 Å². The van der Waals surface area contributed by atoms with E-state index in [1.54, 1.807) is 16.7 Å². The Morgan fingerprint density at radius 1 is 1.23 bits per heavy atom. The maximum Gasteiger partial charge on any atom is 0.250 e. The zero-order chi connectivity index (χ0) is 18.1. The number of amides is 2. The molecule has 3 aromatic rings. The van der Waals surface area contributed by atoms with Gasteiger partial charge < -0.3 is 10.1 Å². The molecule has 1 aliphatic heterocycles. The molecular weight excluding hydrogens is 332 g/mol. The highest BCUT2D eigenvalue weighted by molar-refractivity contribution is 6.03. The highest BCUT2D eigenvalue weighted by Crippen LogP contribution is 2.32. The van der Waals surface area contributed by atoms with Crippen molar-refractivity contribution >= 4 is 34.5 Å². The fraction of sp³-hybridized carbons (Fsp3) is 0.211. The van der Waals surface area contributed by atoms with Gasteiger partial charge in [0.05, 0.1) is 29.7 Å². The van der Waals surface area contributed by atoms with Gasteiger partial charge >= 0.3 is 0 Å². The molecule has 0 saturated heterocycles. The van der Waals surface area contributed by atoms with Gasteiger partial charge in [0, 0.05) is 0 Å². The monoisotopic (exact) mass is 350 g/mol. The number of benzene rings is 2. The summed E-state index contributed by atoms with van der Waals surface area (Å²) in [6.45, 7) is 2.38. The van der Waals surface area contributed by atoms with Crippen molar-refractivity contribution in [1.82, 2.24) is 9.55 Å². The number of hydrogen-bond acceptors (Lipinski definition) is 4. The molecule has 132 valence electrons. The van der Waals surface area contributed by atoms with Crippen LogP contribution in [0.1, 0.15) is 19.4 Å². The van der Waals surface area contributed by atoms with Crippen LogP contribution in [0.2, 0.25) is 0 Å². The Morgan fingerprint density at radius 3 is 2.85 bits per heavy atom. The minimum absolute atomic E-state index is 0.0135. The third-order valence-corrected chi connectivity index (χ3v) is 4.28. The van der Waals surface area contributed by atoms with E-state index in [0.29, 0.717) is 24.0 Å². The van der Waals surface area contributed by atoms with E-state index in [2.05, 4.69) is 15.6 Å². The van der Waals surface area contributed by atoms with Gasteiger partial charge in [0.2, 0.25) is 17.8 Å². The Labute approximate surface area is 150 Å². The number of anilines is 2. The Morgan fingerprint density at radius 2 is 2.00 bits per heavy atom. The number of ether oxygens (including phenoxy) is 1. The lowest BCUT2D eigenvalue weighted by molar-refractivity contribution is -0.123. The fourth-order valence-electron chi connectivity index (χ4n) is 3.17. The Balaban J connectivity index is 1.57. The van der Waals surface area contributed by atoms with E-state index >= 15 is 0 Å². The van der Waals surface area contributed by atoms with Crippen LogP contribution in [0.15, 0.2) is 48.5 Å². The predicted molar refractivity (Wildman–Crippen MR) is 98.3 cm³/mol. The second-order valence-corrected chi connectivity index (χ2v) is 5.98. The molecule has 2 amide bonds. The number of nitrogens with one attached hydrogen (secondary N) is 2. The van der Waals surface area contributed by atoms with Gasteiger partial charge in [0.25, 0.3) is 0 Å². The molecule has 26 heavy (non-hydrogen) atoms. The van der Waals surface area contributed by atoms with Gasteiger partial charge in [0.1, 0.15) is 11.8 Å². The van der Waals surface area contributed by atoms with E-state index in [4.69, 9.17) is 4.74 Å². The molecule has 7 nitrogen and oxygen atoms in total. The van der Waals surface area contributed by atoms with Crippen LogP contribution in [0.5, 0.6) is 5.75 Å². The summed E-state index contributed by atoms with van der Waals surface area (Å²) in [7, 11) is 0. The van der Waals surface area contributed by atoms with Crippen LogP contribution in [0, 0.1) is 0 Å². The van der Waals surface area contributed by atoms with Crippen LogP contribution in [-0.4, -0.2) is 28.0 Å². The fourth-order valence-corrected chi connectivity index (χ4v) is 3.17. The lowest BCUT2D eigenvalue weighted by atomic mass is 10.1. The second kappa shape index (κ2) is 6.51. The lowest BCUT2D eigenvalue weighted by Gasteiger charge is -2.14. The summed E-state index contributed by atoms with van der Waals surface area (Å²) in [5, 5.41) is 5.58. The number of aromatic nitrogens is 2. The van der Waals surface area contributed by atoms with Crippen molar-refractivity contribution in [1.29, 1.82) is 0 Å². The Bertz CT molecular complexity index is 995. The van der Waals surface area contributed by atoms with Crippen LogP contribution in [0.3, 0.4) is 0 Å². The van der Waals surface area contributed by atoms with Crippen molar-refractivity contribution in [3.63, 3.8) is 0 Å². The molecule has 1 aliphatic rings. The molecule has 2 aromatic carbocycles. The number of imidazole rings is 1. The number of hydrogen-bond donors (Lipinski definition) is 2. The van der Waals surface area contributed by atoms with E-state index in [1.807, 2.05) is 43.3 Å².